The summed E-state index contributed by atoms with van der Waals surface area (Å²) in [6.45, 7) is -0.106. The second-order valence-electron chi connectivity index (χ2n) is 6.38. The molecule has 9 heteroatoms. The molecule has 2 aromatic carbocycles. The number of carboxylic acids is 1. The highest BCUT2D eigenvalue weighted by Gasteiger charge is 2.33. The summed E-state index contributed by atoms with van der Waals surface area (Å²) in [7, 11) is 0. The van der Waals surface area contributed by atoms with Gasteiger partial charge in [0.15, 0.2) is 0 Å². The number of carbonyl (C=O) groups excluding carboxylic acids is 1. The van der Waals surface area contributed by atoms with Crippen molar-refractivity contribution in [2.45, 2.75) is 25.6 Å². The summed E-state index contributed by atoms with van der Waals surface area (Å²) in [4.78, 5) is 23.3. The molecule has 1 fully saturated rings. The van der Waals surface area contributed by atoms with Crippen LogP contribution in [0.25, 0.3) is 0 Å². The van der Waals surface area contributed by atoms with Gasteiger partial charge in [-0.1, -0.05) is 17.7 Å². The first-order chi connectivity index (χ1) is 13.1. The molecule has 0 atom stereocenters. The maximum absolute atomic E-state index is 12.7. The predicted octanol–water partition coefficient (Wildman–Crippen LogP) is 4.98. The summed E-state index contributed by atoms with van der Waals surface area (Å²) in [6.07, 6.45) is -2.98. The van der Waals surface area contributed by atoms with Crippen LogP contribution in [0.2, 0.25) is 5.02 Å². The zero-order chi connectivity index (χ0) is 20.5. The maximum atomic E-state index is 12.7. The van der Waals surface area contributed by atoms with E-state index in [1.165, 1.54) is 24.3 Å². The van der Waals surface area contributed by atoms with Crippen LogP contribution < -0.4 is 10.1 Å². The number of nitrogens with one attached hydrogen (secondary N) is 1. The van der Waals surface area contributed by atoms with E-state index in [2.05, 4.69) is 5.32 Å². The minimum Gasteiger partial charge on any atom is -0.489 e. The summed E-state index contributed by atoms with van der Waals surface area (Å²) in [5.41, 5.74) is -0.533. The average Bonchev–Trinajstić information content (AvgIpc) is 3.44. The van der Waals surface area contributed by atoms with E-state index in [4.69, 9.17) is 16.3 Å². The smallest absolute Gasteiger partial charge is 0.417 e. The third kappa shape index (κ3) is 4.75. The molecule has 0 spiro atoms. The average molecular weight is 414 g/mol. The van der Waals surface area contributed by atoms with E-state index >= 15 is 0 Å². The van der Waals surface area contributed by atoms with Crippen molar-refractivity contribution < 1.29 is 32.6 Å². The monoisotopic (exact) mass is 413 g/mol. The molecule has 3 rings (SSSR count). The Hall–Kier alpha value is -2.74. The zero-order valence-electron chi connectivity index (χ0n) is 14.3. The van der Waals surface area contributed by atoms with Gasteiger partial charge in [-0.05, 0) is 48.7 Å². The van der Waals surface area contributed by atoms with Gasteiger partial charge in [-0.2, -0.15) is 13.2 Å². The van der Waals surface area contributed by atoms with Crippen molar-refractivity contribution in [3.05, 3.63) is 58.1 Å². The number of ether oxygens (including phenoxy) is 1. The van der Waals surface area contributed by atoms with Crippen LogP contribution in [-0.4, -0.2) is 17.0 Å². The van der Waals surface area contributed by atoms with E-state index in [1.54, 1.807) is 0 Å². The second-order valence-corrected chi connectivity index (χ2v) is 6.78. The van der Waals surface area contributed by atoms with Crippen molar-refractivity contribution >= 4 is 29.2 Å². The van der Waals surface area contributed by atoms with E-state index in [9.17, 15) is 27.9 Å². The number of carboxylic acid groups (broad SMARTS) is 1. The second kappa shape index (κ2) is 7.71. The fourth-order valence-electron chi connectivity index (χ4n) is 2.52. The van der Waals surface area contributed by atoms with Gasteiger partial charge in [-0.25, -0.2) is 4.79 Å². The van der Waals surface area contributed by atoms with Crippen LogP contribution in [-0.2, 0) is 17.6 Å². The molecule has 0 bridgehead atoms. The molecule has 1 aliphatic rings. The molecule has 2 N–H and O–H groups in total. The number of alkyl halides is 3. The van der Waals surface area contributed by atoms with Crippen molar-refractivity contribution in [2.24, 2.45) is 5.92 Å². The molecule has 5 nitrogen and oxygen atoms in total. The Balaban J connectivity index is 1.72. The molecular formula is C19H15ClF3NO4. The molecule has 148 valence electrons. The number of anilines is 1. The number of carbonyl (C=O) groups is 2. The Morgan fingerprint density at radius 1 is 1.18 bits per heavy atom. The van der Waals surface area contributed by atoms with Gasteiger partial charge in [-0.15, -0.1) is 0 Å². The van der Waals surface area contributed by atoms with Gasteiger partial charge >= 0.3 is 12.1 Å². The lowest BCUT2D eigenvalue weighted by molar-refractivity contribution is -0.137. The highest BCUT2D eigenvalue weighted by atomic mass is 35.5. The third-order valence-corrected chi connectivity index (χ3v) is 4.48. The molecule has 0 saturated heterocycles. The van der Waals surface area contributed by atoms with Gasteiger partial charge in [-0.3, -0.25) is 4.79 Å². The van der Waals surface area contributed by atoms with Crippen molar-refractivity contribution in [3.63, 3.8) is 0 Å². The fraction of sp³-hybridized carbons (Fsp3) is 0.263. The van der Waals surface area contributed by atoms with Crippen molar-refractivity contribution in [3.8, 4) is 5.75 Å². The normalized spacial score (nSPS) is 13.9. The Labute approximate surface area is 163 Å². The predicted molar refractivity (Wildman–Crippen MR) is 95.5 cm³/mol. The topological polar surface area (TPSA) is 75.6 Å². The lowest BCUT2D eigenvalue weighted by atomic mass is 10.1. The lowest BCUT2D eigenvalue weighted by Crippen LogP contribution is -2.16. The molecule has 28 heavy (non-hydrogen) atoms. The van der Waals surface area contributed by atoms with Gasteiger partial charge in [0.25, 0.3) is 0 Å². The Morgan fingerprint density at radius 2 is 1.89 bits per heavy atom. The molecule has 0 aromatic heterocycles. The van der Waals surface area contributed by atoms with E-state index in [1.807, 2.05) is 0 Å². The van der Waals surface area contributed by atoms with Crippen LogP contribution in [0, 0.1) is 5.92 Å². The van der Waals surface area contributed by atoms with Crippen LogP contribution >= 0.6 is 11.6 Å². The standard InChI is InChI=1S/C19H15ClF3NO4/c20-15-7-10(1-5-14(15)19(21,22)23)9-28-12-4-6-16(13(8-12)18(26)27)24-17(25)11-2-3-11/h1,4-8,11H,2-3,9H2,(H,24,25)(H,26,27). The first-order valence-corrected chi connectivity index (χ1v) is 8.69. The number of hydrogen-bond acceptors (Lipinski definition) is 3. The first kappa shape index (κ1) is 20.0. The first-order valence-electron chi connectivity index (χ1n) is 8.32. The SMILES string of the molecule is O=C(O)c1cc(OCc2ccc(C(F)(F)F)c(Cl)c2)ccc1NC(=O)C1CC1. The van der Waals surface area contributed by atoms with E-state index in [-0.39, 0.29) is 35.4 Å². The lowest BCUT2D eigenvalue weighted by Gasteiger charge is -2.13. The Morgan fingerprint density at radius 3 is 2.46 bits per heavy atom. The van der Waals surface area contributed by atoms with Crippen LogP contribution in [0.3, 0.4) is 0 Å². The Bertz CT molecular complexity index is 926. The third-order valence-electron chi connectivity index (χ3n) is 4.17. The van der Waals surface area contributed by atoms with E-state index in [0.717, 1.165) is 25.0 Å². The molecule has 1 aliphatic carbocycles. The number of amides is 1. The molecule has 0 heterocycles. The van der Waals surface area contributed by atoms with Crippen LogP contribution in [0.5, 0.6) is 5.75 Å². The van der Waals surface area contributed by atoms with Gasteiger partial charge < -0.3 is 15.2 Å². The largest absolute Gasteiger partial charge is 0.489 e. The number of hydrogen-bond donors (Lipinski definition) is 2. The summed E-state index contributed by atoms with van der Waals surface area (Å²) >= 11 is 5.67. The molecule has 1 amide bonds. The number of benzene rings is 2. The number of rotatable bonds is 6. The van der Waals surface area contributed by atoms with Gasteiger partial charge in [0.1, 0.15) is 12.4 Å². The van der Waals surface area contributed by atoms with Gasteiger partial charge in [0.2, 0.25) is 5.91 Å². The number of halogens is 4. The summed E-state index contributed by atoms with van der Waals surface area (Å²) in [5, 5.41) is 11.5. The summed E-state index contributed by atoms with van der Waals surface area (Å²) < 4.78 is 43.7. The fourth-order valence-corrected chi connectivity index (χ4v) is 2.83. The molecule has 0 radical (unpaired) electrons. The molecule has 0 aliphatic heterocycles. The van der Waals surface area contributed by atoms with Crippen LogP contribution in [0.4, 0.5) is 18.9 Å². The van der Waals surface area contributed by atoms with Crippen molar-refractivity contribution in [1.29, 1.82) is 0 Å². The van der Waals surface area contributed by atoms with E-state index in [0.29, 0.717) is 5.56 Å². The Kier molecular flexibility index (Phi) is 5.51. The van der Waals surface area contributed by atoms with Crippen LogP contribution in [0.15, 0.2) is 36.4 Å². The number of aromatic carboxylic acids is 1. The quantitative estimate of drug-likeness (QED) is 0.700. The minimum absolute atomic E-state index is 0.0815. The zero-order valence-corrected chi connectivity index (χ0v) is 15.1. The minimum atomic E-state index is -4.55. The summed E-state index contributed by atoms with van der Waals surface area (Å²) in [5.74, 6) is -1.36. The van der Waals surface area contributed by atoms with E-state index < -0.39 is 22.7 Å². The molecule has 1 saturated carbocycles. The molecule has 2 aromatic rings. The van der Waals surface area contributed by atoms with Crippen molar-refractivity contribution in [1.82, 2.24) is 0 Å². The summed E-state index contributed by atoms with van der Waals surface area (Å²) in [6, 6.07) is 7.37. The van der Waals surface area contributed by atoms with Gasteiger partial charge in [0.05, 0.1) is 21.8 Å². The highest BCUT2D eigenvalue weighted by molar-refractivity contribution is 6.31. The highest BCUT2D eigenvalue weighted by Crippen LogP contribution is 2.35. The molecule has 0 unspecified atom stereocenters. The van der Waals surface area contributed by atoms with Crippen molar-refractivity contribution in [2.75, 3.05) is 5.32 Å². The van der Waals surface area contributed by atoms with Crippen LogP contribution in [0.1, 0.15) is 34.3 Å². The maximum Gasteiger partial charge on any atom is 0.417 e. The molecular weight excluding hydrogens is 399 g/mol. The van der Waals surface area contributed by atoms with Gasteiger partial charge in [0, 0.05) is 5.92 Å².